The van der Waals surface area contributed by atoms with Crippen molar-refractivity contribution in [1.29, 1.82) is 0 Å². The van der Waals surface area contributed by atoms with E-state index in [-0.39, 0.29) is 24.5 Å². The first-order valence-electron chi connectivity index (χ1n) is 21.1. The number of nitrogens with zero attached hydrogens (tertiary/aromatic N) is 3. The van der Waals surface area contributed by atoms with Crippen LogP contribution in [0.2, 0.25) is 5.02 Å². The van der Waals surface area contributed by atoms with Gasteiger partial charge in [0.2, 0.25) is 10.0 Å². The molecule has 4 aliphatic heterocycles. The van der Waals surface area contributed by atoms with Gasteiger partial charge in [0, 0.05) is 63.0 Å². The molecule has 15 heteroatoms. The van der Waals surface area contributed by atoms with Crippen LogP contribution in [0.1, 0.15) is 86.2 Å². The maximum atomic E-state index is 14.2. The van der Waals surface area contributed by atoms with E-state index in [0.29, 0.717) is 35.8 Å². The van der Waals surface area contributed by atoms with E-state index >= 15 is 0 Å². The van der Waals surface area contributed by atoms with Crippen molar-refractivity contribution in [1.82, 2.24) is 14.5 Å². The van der Waals surface area contributed by atoms with Crippen LogP contribution in [0.25, 0.3) is 0 Å². The quantitative estimate of drug-likeness (QED) is 0.258. The number of piperidine rings is 1. The average Bonchev–Trinajstić information content (AvgIpc) is 3.20. The maximum absolute atomic E-state index is 14.2. The molecule has 4 heterocycles. The number of ether oxygens (including phenoxy) is 2. The number of hydrogen-bond acceptors (Lipinski definition) is 11. The predicted octanol–water partition coefficient (Wildman–Crippen LogP) is 6.03. The third kappa shape index (κ3) is 10.2. The number of allylic oxidation sites excluding steroid dienone is 1. The molecule has 6 atom stereocenters. The third-order valence-corrected chi connectivity index (χ3v) is 16.2. The van der Waals surface area contributed by atoms with Gasteiger partial charge in [-0.25, -0.2) is 13.1 Å². The van der Waals surface area contributed by atoms with Crippen molar-refractivity contribution in [3.63, 3.8) is 0 Å². The standard InChI is InChI=1S/C43H61ClN4O8S2/c1-31-9-8-19-43(54-2,30-46-22-23-47-20-7-5-11-37(47)28-46)38-16-13-34(38)27-48-21-6-4-10-32-25-36(44)15-12-35(32)29-55-40-17-14-33(26-39(40)48)42(49)45-58(52,53)41(31)18-24-56-57(3,50)51/h8,12,14-15,17,19,25-26,31,34,37-38,41H,4-7,9-11,13,16,18,20-24,27-30H2,1-3H3,(H,45,49)/b19-8+/t31-,34-,37+,38+,41+,43-/m0/s1. The number of amides is 1. The average molecular weight is 862 g/mol. The van der Waals surface area contributed by atoms with Gasteiger partial charge in [0.15, 0.2) is 0 Å². The molecular weight excluding hydrogens is 800 g/mol. The minimum absolute atomic E-state index is 0.116. The Labute approximate surface area is 350 Å². The second kappa shape index (κ2) is 18.5. The molecule has 5 aliphatic rings. The number of halogens is 1. The zero-order chi connectivity index (χ0) is 41.1. The summed E-state index contributed by atoms with van der Waals surface area (Å²) < 4.78 is 72.7. The summed E-state index contributed by atoms with van der Waals surface area (Å²) in [5.41, 5.74) is 2.54. The van der Waals surface area contributed by atoms with Crippen molar-refractivity contribution >= 4 is 43.3 Å². The van der Waals surface area contributed by atoms with Gasteiger partial charge in [-0.2, -0.15) is 8.42 Å². The molecule has 1 aliphatic carbocycles. The number of benzene rings is 2. The van der Waals surface area contributed by atoms with Gasteiger partial charge < -0.3 is 14.4 Å². The smallest absolute Gasteiger partial charge is 0.264 e. The van der Waals surface area contributed by atoms with Crippen LogP contribution in [0.4, 0.5) is 5.69 Å². The molecule has 2 aromatic carbocycles. The molecule has 0 spiro atoms. The summed E-state index contributed by atoms with van der Waals surface area (Å²) in [6.45, 7) is 8.19. The van der Waals surface area contributed by atoms with E-state index in [1.807, 2.05) is 32.2 Å². The number of sulfonamides is 1. The Balaban J connectivity index is 1.27. The Morgan fingerprint density at radius 3 is 2.59 bits per heavy atom. The van der Waals surface area contributed by atoms with E-state index in [0.717, 1.165) is 94.4 Å². The third-order valence-electron chi connectivity index (χ3n) is 13.4. The van der Waals surface area contributed by atoms with E-state index in [9.17, 15) is 21.6 Å². The molecule has 1 N–H and O–H groups in total. The molecule has 1 amide bonds. The van der Waals surface area contributed by atoms with E-state index in [4.69, 9.17) is 25.3 Å². The Morgan fingerprint density at radius 1 is 0.983 bits per heavy atom. The summed E-state index contributed by atoms with van der Waals surface area (Å²) in [5.74, 6) is -0.127. The maximum Gasteiger partial charge on any atom is 0.264 e. The van der Waals surface area contributed by atoms with Gasteiger partial charge in [0.05, 0.1) is 23.8 Å². The van der Waals surface area contributed by atoms with E-state index in [1.165, 1.54) is 25.8 Å². The van der Waals surface area contributed by atoms with Gasteiger partial charge in [0.1, 0.15) is 18.0 Å². The van der Waals surface area contributed by atoms with E-state index in [2.05, 4.69) is 31.6 Å². The van der Waals surface area contributed by atoms with Gasteiger partial charge in [-0.05, 0) is 124 Å². The number of anilines is 1. The molecule has 3 fully saturated rings. The lowest BCUT2D eigenvalue weighted by Crippen LogP contribution is -2.61. The second-order valence-corrected chi connectivity index (χ2v) is 21.2. The lowest BCUT2D eigenvalue weighted by molar-refractivity contribution is -0.1000. The number of piperazine rings is 1. The number of aryl methyl sites for hydroxylation is 1. The predicted molar refractivity (Wildman–Crippen MR) is 227 cm³/mol. The van der Waals surface area contributed by atoms with Gasteiger partial charge >= 0.3 is 0 Å². The lowest BCUT2D eigenvalue weighted by atomic mass is 9.63. The highest BCUT2D eigenvalue weighted by Crippen LogP contribution is 2.47. The Bertz CT molecular complexity index is 2030. The fourth-order valence-corrected chi connectivity index (χ4v) is 12.3. The van der Waals surface area contributed by atoms with Crippen LogP contribution in [0.3, 0.4) is 0 Å². The zero-order valence-electron chi connectivity index (χ0n) is 34.2. The van der Waals surface area contributed by atoms with Gasteiger partial charge in [-0.1, -0.05) is 43.2 Å². The number of carbonyl (C=O) groups excluding carboxylic acids is 1. The van der Waals surface area contributed by atoms with Crippen LogP contribution >= 0.6 is 11.6 Å². The fourth-order valence-electron chi connectivity index (χ4n) is 10.0. The highest BCUT2D eigenvalue weighted by molar-refractivity contribution is 7.90. The topological polar surface area (TPSA) is 135 Å². The summed E-state index contributed by atoms with van der Waals surface area (Å²) in [7, 11) is -6.29. The summed E-state index contributed by atoms with van der Waals surface area (Å²) in [6, 6.07) is 11.6. The number of methoxy groups -OCH3 is 1. The lowest BCUT2D eigenvalue weighted by Gasteiger charge is -2.53. The van der Waals surface area contributed by atoms with E-state index < -0.39 is 42.8 Å². The van der Waals surface area contributed by atoms with Crippen molar-refractivity contribution in [2.45, 2.75) is 94.6 Å². The van der Waals surface area contributed by atoms with Crippen molar-refractivity contribution in [2.75, 3.05) is 70.7 Å². The van der Waals surface area contributed by atoms with E-state index in [1.54, 1.807) is 18.2 Å². The van der Waals surface area contributed by atoms with Crippen LogP contribution in [0.15, 0.2) is 48.6 Å². The number of hydrogen-bond donors (Lipinski definition) is 1. The Morgan fingerprint density at radius 2 is 1.81 bits per heavy atom. The first-order valence-corrected chi connectivity index (χ1v) is 24.9. The van der Waals surface area contributed by atoms with Gasteiger partial charge in [0.25, 0.3) is 16.0 Å². The number of nitrogens with one attached hydrogen (secondary N) is 1. The molecule has 0 unspecified atom stereocenters. The van der Waals surface area contributed by atoms with Gasteiger partial charge in [-0.15, -0.1) is 0 Å². The highest BCUT2D eigenvalue weighted by Gasteiger charge is 2.49. The molecule has 12 nitrogen and oxygen atoms in total. The van der Waals surface area contributed by atoms with Crippen molar-refractivity contribution in [3.8, 4) is 5.75 Å². The summed E-state index contributed by atoms with van der Waals surface area (Å²) in [4.78, 5) is 21.5. The molecule has 58 heavy (non-hydrogen) atoms. The molecule has 2 saturated heterocycles. The number of rotatable bonds is 7. The highest BCUT2D eigenvalue weighted by atomic mass is 35.5. The molecule has 320 valence electrons. The molecule has 2 aromatic rings. The number of carbonyl (C=O) groups is 1. The van der Waals surface area contributed by atoms with Crippen molar-refractivity contribution in [3.05, 3.63) is 70.3 Å². The van der Waals surface area contributed by atoms with Crippen LogP contribution in [0, 0.1) is 17.8 Å². The monoisotopic (exact) mass is 860 g/mol. The fraction of sp³-hybridized carbons (Fsp3) is 0.651. The first kappa shape index (κ1) is 43.4. The molecule has 7 rings (SSSR count). The minimum atomic E-state index is -4.30. The Kier molecular flexibility index (Phi) is 13.8. The van der Waals surface area contributed by atoms with Crippen LogP contribution < -0.4 is 14.4 Å². The second-order valence-electron chi connectivity index (χ2n) is 17.3. The van der Waals surface area contributed by atoms with Crippen LogP contribution in [0.5, 0.6) is 5.75 Å². The first-order chi connectivity index (χ1) is 27.7. The number of fused-ring (bicyclic) bond motifs is 4. The summed E-state index contributed by atoms with van der Waals surface area (Å²) in [5, 5.41) is -0.422. The summed E-state index contributed by atoms with van der Waals surface area (Å²) in [6.07, 6.45) is 13.9. The largest absolute Gasteiger partial charge is 0.487 e. The Hall–Kier alpha value is -2.72. The minimum Gasteiger partial charge on any atom is -0.487 e. The SMILES string of the molecule is CO[C@]1(CN2CCN3CCCC[C@@H]3C2)/C=C/C[C@H](C)[C@@H](CCOS(C)(=O)=O)S(=O)(=O)NC(=O)c2ccc3c(c2)N(CCCCc2cc(Cl)ccc2CO3)C[C@@H]2CC[C@H]21. The molecule has 1 saturated carbocycles. The zero-order valence-corrected chi connectivity index (χ0v) is 36.6. The normalized spacial score (nSPS) is 30.6. The van der Waals surface area contributed by atoms with Crippen molar-refractivity contribution < 1.29 is 35.3 Å². The molecular formula is C43H61ClN4O8S2. The molecule has 0 radical (unpaired) electrons. The molecule has 2 bridgehead atoms. The van der Waals surface area contributed by atoms with Gasteiger partial charge in [-0.3, -0.25) is 18.8 Å². The molecule has 0 aromatic heterocycles. The van der Waals surface area contributed by atoms with Crippen molar-refractivity contribution in [2.24, 2.45) is 17.8 Å². The van der Waals surface area contributed by atoms with Crippen LogP contribution in [-0.2, 0) is 42.1 Å². The van der Waals surface area contributed by atoms with Crippen LogP contribution in [-0.4, -0.2) is 115 Å². The summed E-state index contributed by atoms with van der Waals surface area (Å²) >= 11 is 6.42.